The Morgan fingerprint density at radius 1 is 1.41 bits per heavy atom. The van der Waals surface area contributed by atoms with Gasteiger partial charge in [0.2, 0.25) is 0 Å². The second-order valence-corrected chi connectivity index (χ2v) is 6.12. The largest absolute Gasteiger partial charge is 0.314 e. The average Bonchev–Trinajstić information content (AvgIpc) is 2.78. The first kappa shape index (κ1) is 12.7. The summed E-state index contributed by atoms with van der Waals surface area (Å²) in [5, 5.41) is 11.7. The van der Waals surface area contributed by atoms with E-state index in [1.165, 1.54) is 12.8 Å². The van der Waals surface area contributed by atoms with Crippen LogP contribution in [0.4, 0.5) is 0 Å². The second-order valence-electron chi connectivity index (χ2n) is 4.25. The molecule has 1 unspecified atom stereocenters. The molecule has 0 aliphatic carbocycles. The van der Waals surface area contributed by atoms with E-state index in [0.29, 0.717) is 0 Å². The topological polar surface area (TPSA) is 59.8 Å². The number of hydrogen-bond acceptors (Lipinski definition) is 4. The van der Waals surface area contributed by atoms with Gasteiger partial charge in [0, 0.05) is 41.8 Å². The van der Waals surface area contributed by atoms with Crippen LogP contribution >= 0.6 is 0 Å². The number of aromatic nitrogens is 3. The van der Waals surface area contributed by atoms with Gasteiger partial charge in [0.25, 0.3) is 0 Å². The maximum Gasteiger partial charge on any atom is 0.147 e. The highest BCUT2D eigenvalue weighted by molar-refractivity contribution is 7.84. The molecule has 1 aromatic heterocycles. The number of rotatable bonds is 6. The van der Waals surface area contributed by atoms with Gasteiger partial charge in [-0.15, -0.1) is 10.2 Å². The summed E-state index contributed by atoms with van der Waals surface area (Å²) in [5.41, 5.74) is 0. The van der Waals surface area contributed by atoms with Crippen molar-refractivity contribution in [3.63, 3.8) is 0 Å². The van der Waals surface area contributed by atoms with Crippen molar-refractivity contribution in [2.45, 2.75) is 39.3 Å². The highest BCUT2D eigenvalue weighted by Gasteiger charge is 2.14. The fraction of sp³-hybridized carbons (Fsp3) is 0.818. The third kappa shape index (κ3) is 3.35. The van der Waals surface area contributed by atoms with E-state index in [2.05, 4.69) is 20.1 Å². The van der Waals surface area contributed by atoms with Gasteiger partial charge in [0.1, 0.15) is 11.6 Å². The molecule has 1 atom stereocenters. The average molecular weight is 256 g/mol. The Hall–Kier alpha value is -0.750. The van der Waals surface area contributed by atoms with Crippen molar-refractivity contribution < 1.29 is 4.21 Å². The fourth-order valence-corrected chi connectivity index (χ4v) is 2.69. The zero-order valence-corrected chi connectivity index (χ0v) is 11.1. The highest BCUT2D eigenvalue weighted by atomic mass is 32.2. The molecule has 0 fully saturated rings. The molecule has 2 rings (SSSR count). The van der Waals surface area contributed by atoms with Crippen molar-refractivity contribution >= 4 is 10.8 Å². The molecule has 0 amide bonds. The maximum absolute atomic E-state index is 11.2. The van der Waals surface area contributed by atoms with Crippen LogP contribution in [0.25, 0.3) is 0 Å². The molecule has 0 bridgehead atoms. The van der Waals surface area contributed by atoms with Crippen LogP contribution in [0, 0.1) is 0 Å². The number of aryl methyl sites for hydroxylation is 1. The molecule has 0 radical (unpaired) electrons. The van der Waals surface area contributed by atoms with Gasteiger partial charge in [0.15, 0.2) is 0 Å². The fourth-order valence-electron chi connectivity index (χ4n) is 2.03. The molecule has 5 nitrogen and oxygen atoms in total. The molecule has 17 heavy (non-hydrogen) atoms. The van der Waals surface area contributed by atoms with Crippen LogP contribution in [0.2, 0.25) is 0 Å². The standard InChI is InChI=1S/C11H20N4OS/c1-2-17(16)8-6-12-9-11-14-13-10-5-3-4-7-15(10)11/h12H,2-9H2,1H3. The Balaban J connectivity index is 1.79. The van der Waals surface area contributed by atoms with Crippen molar-refractivity contribution in [2.75, 3.05) is 18.1 Å². The van der Waals surface area contributed by atoms with Gasteiger partial charge < -0.3 is 9.88 Å². The zero-order chi connectivity index (χ0) is 12.1. The van der Waals surface area contributed by atoms with Crippen molar-refractivity contribution in [1.29, 1.82) is 0 Å². The maximum atomic E-state index is 11.2. The summed E-state index contributed by atoms with van der Waals surface area (Å²) in [6, 6.07) is 0. The summed E-state index contributed by atoms with van der Waals surface area (Å²) in [6.45, 7) is 4.50. The van der Waals surface area contributed by atoms with Crippen LogP contribution in [0.15, 0.2) is 0 Å². The molecule has 1 aliphatic rings. The van der Waals surface area contributed by atoms with E-state index in [-0.39, 0.29) is 0 Å². The molecular weight excluding hydrogens is 236 g/mol. The molecule has 96 valence electrons. The molecule has 0 saturated heterocycles. The molecule has 2 heterocycles. The van der Waals surface area contributed by atoms with Crippen molar-refractivity contribution in [1.82, 2.24) is 20.1 Å². The van der Waals surface area contributed by atoms with Crippen molar-refractivity contribution in [2.24, 2.45) is 0 Å². The van der Waals surface area contributed by atoms with E-state index in [1.54, 1.807) is 0 Å². The van der Waals surface area contributed by atoms with Gasteiger partial charge in [-0.1, -0.05) is 6.92 Å². The molecule has 6 heteroatoms. The Morgan fingerprint density at radius 2 is 2.29 bits per heavy atom. The highest BCUT2D eigenvalue weighted by Crippen LogP contribution is 2.13. The number of nitrogens with zero attached hydrogens (tertiary/aromatic N) is 3. The number of nitrogens with one attached hydrogen (secondary N) is 1. The van der Waals surface area contributed by atoms with E-state index in [4.69, 9.17) is 0 Å². The minimum absolute atomic E-state index is 0.683. The van der Waals surface area contributed by atoms with Crippen molar-refractivity contribution in [3.05, 3.63) is 11.6 Å². The lowest BCUT2D eigenvalue weighted by Gasteiger charge is -2.14. The SMILES string of the molecule is CCS(=O)CCNCc1nnc2n1CCCC2. The van der Waals surface area contributed by atoms with Gasteiger partial charge in [-0.2, -0.15) is 0 Å². The first-order valence-corrected chi connectivity index (χ1v) is 7.76. The Kier molecular flexibility index (Phi) is 4.67. The van der Waals surface area contributed by atoms with Gasteiger partial charge in [-0.3, -0.25) is 4.21 Å². The van der Waals surface area contributed by atoms with Gasteiger partial charge >= 0.3 is 0 Å². The van der Waals surface area contributed by atoms with Gasteiger partial charge in [-0.05, 0) is 12.8 Å². The third-order valence-electron chi connectivity index (χ3n) is 3.05. The smallest absolute Gasteiger partial charge is 0.147 e. The first-order valence-electron chi connectivity index (χ1n) is 6.28. The lowest BCUT2D eigenvalue weighted by molar-refractivity contribution is 0.499. The van der Waals surface area contributed by atoms with E-state index >= 15 is 0 Å². The molecular formula is C11H20N4OS. The summed E-state index contributed by atoms with van der Waals surface area (Å²) in [5.74, 6) is 3.59. The van der Waals surface area contributed by atoms with Crippen molar-refractivity contribution in [3.8, 4) is 0 Å². The first-order chi connectivity index (χ1) is 8.31. The minimum Gasteiger partial charge on any atom is -0.314 e. The van der Waals surface area contributed by atoms with E-state index < -0.39 is 10.8 Å². The van der Waals surface area contributed by atoms with E-state index in [9.17, 15) is 4.21 Å². The van der Waals surface area contributed by atoms with Crippen LogP contribution in [0.1, 0.15) is 31.4 Å². The quantitative estimate of drug-likeness (QED) is 0.752. The number of fused-ring (bicyclic) bond motifs is 1. The summed E-state index contributed by atoms with van der Waals surface area (Å²) < 4.78 is 13.5. The van der Waals surface area contributed by atoms with Gasteiger partial charge in [-0.25, -0.2) is 0 Å². The predicted molar refractivity (Wildman–Crippen MR) is 68.2 cm³/mol. The number of hydrogen-bond donors (Lipinski definition) is 1. The van der Waals surface area contributed by atoms with E-state index in [1.807, 2.05) is 6.92 Å². The summed E-state index contributed by atoms with van der Waals surface area (Å²) in [6.07, 6.45) is 3.49. The van der Waals surface area contributed by atoms with Crippen LogP contribution in [-0.2, 0) is 30.3 Å². The van der Waals surface area contributed by atoms with E-state index in [0.717, 1.165) is 49.2 Å². The lowest BCUT2D eigenvalue weighted by atomic mass is 10.2. The molecule has 1 N–H and O–H groups in total. The van der Waals surface area contributed by atoms with Crippen LogP contribution in [0.5, 0.6) is 0 Å². The van der Waals surface area contributed by atoms with Crippen LogP contribution < -0.4 is 5.32 Å². The lowest BCUT2D eigenvalue weighted by Crippen LogP contribution is -2.23. The minimum atomic E-state index is -0.683. The molecule has 1 aromatic rings. The normalized spacial score (nSPS) is 16.8. The van der Waals surface area contributed by atoms with Crippen LogP contribution in [-0.4, -0.2) is 37.0 Å². The zero-order valence-electron chi connectivity index (χ0n) is 10.3. The molecule has 0 spiro atoms. The summed E-state index contributed by atoms with van der Waals surface area (Å²) in [4.78, 5) is 0. The Bertz CT molecular complexity index is 391. The predicted octanol–water partition coefficient (Wildman–Crippen LogP) is 0.473. The Labute approximate surface area is 104 Å². The summed E-state index contributed by atoms with van der Waals surface area (Å²) in [7, 11) is -0.683. The molecule has 0 saturated carbocycles. The molecule has 0 aromatic carbocycles. The second kappa shape index (κ2) is 6.26. The van der Waals surface area contributed by atoms with Crippen LogP contribution in [0.3, 0.4) is 0 Å². The van der Waals surface area contributed by atoms with Gasteiger partial charge in [0.05, 0.1) is 6.54 Å². The monoisotopic (exact) mass is 256 g/mol. The summed E-state index contributed by atoms with van der Waals surface area (Å²) >= 11 is 0. The third-order valence-corrected chi connectivity index (χ3v) is 4.35. The molecule has 1 aliphatic heterocycles. The Morgan fingerprint density at radius 3 is 3.12 bits per heavy atom.